The number of nitrogens with zero attached hydrogens (tertiary/aromatic N) is 3. The summed E-state index contributed by atoms with van der Waals surface area (Å²) in [5.41, 5.74) is 1.26. The molecule has 0 radical (unpaired) electrons. The van der Waals surface area contributed by atoms with Crippen LogP contribution in [-0.4, -0.2) is 58.6 Å². The average molecular weight is 514 g/mol. The first-order valence-corrected chi connectivity index (χ1v) is 12.8. The first-order valence-electron chi connectivity index (χ1n) is 12.5. The fourth-order valence-electron chi connectivity index (χ4n) is 4.64. The largest absolute Gasteiger partial charge is 0.493 e. The van der Waals surface area contributed by atoms with Crippen LogP contribution in [0, 0.1) is 13.8 Å². The Labute approximate surface area is 218 Å². The van der Waals surface area contributed by atoms with Gasteiger partial charge >= 0.3 is 0 Å². The molecule has 36 heavy (non-hydrogen) atoms. The van der Waals surface area contributed by atoms with Gasteiger partial charge in [0.25, 0.3) is 0 Å². The van der Waals surface area contributed by atoms with E-state index in [1.165, 1.54) is 0 Å². The van der Waals surface area contributed by atoms with Gasteiger partial charge in [-0.15, -0.1) is 0 Å². The fourth-order valence-corrected chi connectivity index (χ4v) is 4.81. The van der Waals surface area contributed by atoms with Crippen molar-refractivity contribution in [3.05, 3.63) is 70.8 Å². The van der Waals surface area contributed by atoms with Crippen LogP contribution >= 0.6 is 11.6 Å². The van der Waals surface area contributed by atoms with Crippen molar-refractivity contribution < 1.29 is 19.3 Å². The van der Waals surface area contributed by atoms with Crippen LogP contribution in [0.3, 0.4) is 0 Å². The van der Waals surface area contributed by atoms with E-state index in [0.717, 1.165) is 54.4 Å². The number of aliphatic hydroxyl groups is 1. The van der Waals surface area contributed by atoms with Crippen LogP contribution in [0.1, 0.15) is 36.2 Å². The number of likely N-dealkylation sites (tertiary alicyclic amines) is 1. The lowest BCUT2D eigenvalue weighted by molar-refractivity contribution is -0.0621. The van der Waals surface area contributed by atoms with E-state index < -0.39 is 5.60 Å². The first-order chi connectivity index (χ1) is 17.3. The maximum Gasteiger partial charge on any atom is 0.161 e. The topological polar surface area (TPSA) is 69.0 Å². The number of β-amino-alcohol motifs (C(OH)–C–C–N with tert-alkyl or cyclic N) is 1. The van der Waals surface area contributed by atoms with Crippen molar-refractivity contribution in [1.82, 2.24) is 14.5 Å². The maximum absolute atomic E-state index is 11.2. The average Bonchev–Trinajstić information content (AvgIpc) is 3.27. The molecule has 0 spiro atoms. The van der Waals surface area contributed by atoms with Crippen molar-refractivity contribution >= 4 is 11.6 Å². The molecule has 1 N–H and O–H groups in total. The third-order valence-corrected chi connectivity index (χ3v) is 6.89. The molecule has 7 nitrogen and oxygen atoms in total. The Morgan fingerprint density at radius 3 is 2.72 bits per heavy atom. The summed E-state index contributed by atoms with van der Waals surface area (Å²) in [5.74, 6) is 3.08. The Morgan fingerprint density at radius 1 is 1.08 bits per heavy atom. The Balaban J connectivity index is 1.30. The van der Waals surface area contributed by atoms with Gasteiger partial charge in [0.2, 0.25) is 0 Å². The van der Waals surface area contributed by atoms with Crippen LogP contribution in [0.15, 0.2) is 48.8 Å². The van der Waals surface area contributed by atoms with E-state index in [2.05, 4.69) is 20.5 Å². The molecule has 2 aromatic carbocycles. The second-order valence-electron chi connectivity index (χ2n) is 9.62. The Morgan fingerprint density at radius 2 is 1.94 bits per heavy atom. The lowest BCUT2D eigenvalue weighted by atomic mass is 9.93. The molecule has 3 aromatic rings. The number of hydrogen-bond donors (Lipinski definition) is 1. The SMILES string of the molecule is COc1cc(CN2CCC[C@](O)(COc3cc(C)ccc3Cl)C2)ccc1OCCCn1ccnc1C. The predicted octanol–water partition coefficient (Wildman–Crippen LogP) is 5.04. The van der Waals surface area contributed by atoms with Crippen molar-refractivity contribution in [2.24, 2.45) is 0 Å². The van der Waals surface area contributed by atoms with E-state index >= 15 is 0 Å². The highest BCUT2D eigenvalue weighted by Crippen LogP contribution is 2.31. The number of imidazole rings is 1. The summed E-state index contributed by atoms with van der Waals surface area (Å²) >= 11 is 6.26. The van der Waals surface area contributed by atoms with Crippen molar-refractivity contribution in [3.8, 4) is 17.2 Å². The summed E-state index contributed by atoms with van der Waals surface area (Å²) in [6.45, 7) is 7.82. The molecule has 1 aliphatic heterocycles. The second-order valence-corrected chi connectivity index (χ2v) is 10.0. The molecule has 194 valence electrons. The van der Waals surface area contributed by atoms with E-state index in [4.69, 9.17) is 25.8 Å². The van der Waals surface area contributed by atoms with Crippen LogP contribution in [0.2, 0.25) is 5.02 Å². The third kappa shape index (κ3) is 6.93. The summed E-state index contributed by atoms with van der Waals surface area (Å²) in [4.78, 5) is 6.51. The van der Waals surface area contributed by atoms with Crippen molar-refractivity contribution in [2.75, 3.05) is 33.4 Å². The van der Waals surface area contributed by atoms with Crippen LogP contribution in [0.5, 0.6) is 17.2 Å². The van der Waals surface area contributed by atoms with Gasteiger partial charge in [-0.2, -0.15) is 0 Å². The molecular formula is C28H36ClN3O4. The van der Waals surface area contributed by atoms with E-state index in [0.29, 0.717) is 36.9 Å². The quantitative estimate of drug-likeness (QED) is 0.362. The highest BCUT2D eigenvalue weighted by molar-refractivity contribution is 6.32. The second kappa shape index (κ2) is 12.0. The number of methoxy groups -OCH3 is 1. The van der Waals surface area contributed by atoms with Gasteiger partial charge in [-0.1, -0.05) is 23.7 Å². The number of aryl methyl sites for hydroxylation is 3. The standard InChI is InChI=1S/C28H36ClN3O4/c1-21-6-8-24(29)26(16-21)36-20-28(33)10-4-12-31(19-28)18-23-7-9-25(27(17-23)34-3)35-15-5-13-32-14-11-30-22(32)2/h6-9,11,14,16-17,33H,4-5,10,12-13,15,18-20H2,1-3H3/t28-/m1/s1. The minimum Gasteiger partial charge on any atom is -0.493 e. The van der Waals surface area contributed by atoms with E-state index in [-0.39, 0.29) is 6.61 Å². The van der Waals surface area contributed by atoms with Crippen LogP contribution in [0.4, 0.5) is 0 Å². The summed E-state index contributed by atoms with van der Waals surface area (Å²) in [6.07, 6.45) is 6.27. The summed E-state index contributed by atoms with van der Waals surface area (Å²) in [7, 11) is 1.66. The zero-order chi connectivity index (χ0) is 25.5. The van der Waals surface area contributed by atoms with Gasteiger partial charge in [0.1, 0.15) is 23.8 Å². The van der Waals surface area contributed by atoms with Crippen molar-refractivity contribution in [2.45, 2.75) is 51.8 Å². The van der Waals surface area contributed by atoms with Gasteiger partial charge < -0.3 is 23.9 Å². The lowest BCUT2D eigenvalue weighted by Crippen LogP contribution is -2.51. The molecule has 0 unspecified atom stereocenters. The summed E-state index contributed by atoms with van der Waals surface area (Å²) in [5, 5.41) is 11.8. The van der Waals surface area contributed by atoms with Crippen LogP contribution < -0.4 is 14.2 Å². The van der Waals surface area contributed by atoms with Crippen molar-refractivity contribution in [3.63, 3.8) is 0 Å². The zero-order valence-corrected chi connectivity index (χ0v) is 22.1. The Bertz CT molecular complexity index is 1150. The molecular weight excluding hydrogens is 478 g/mol. The highest BCUT2D eigenvalue weighted by Gasteiger charge is 2.34. The minimum atomic E-state index is -0.925. The molecule has 1 saturated heterocycles. The molecule has 1 aliphatic rings. The summed E-state index contributed by atoms with van der Waals surface area (Å²) < 4.78 is 19.7. The number of benzene rings is 2. The normalized spacial score (nSPS) is 18.2. The summed E-state index contributed by atoms with van der Waals surface area (Å²) in [6, 6.07) is 11.7. The maximum atomic E-state index is 11.2. The smallest absolute Gasteiger partial charge is 0.161 e. The molecule has 4 rings (SSSR count). The van der Waals surface area contributed by atoms with Gasteiger partial charge in [-0.25, -0.2) is 4.98 Å². The number of aromatic nitrogens is 2. The first kappa shape index (κ1) is 26.3. The molecule has 1 atom stereocenters. The van der Waals surface area contributed by atoms with Gasteiger partial charge in [0, 0.05) is 32.0 Å². The molecule has 0 amide bonds. The lowest BCUT2D eigenvalue weighted by Gasteiger charge is -2.39. The highest BCUT2D eigenvalue weighted by atomic mass is 35.5. The number of halogens is 1. The number of piperidine rings is 1. The number of ether oxygens (including phenoxy) is 3. The van der Waals surface area contributed by atoms with E-state index in [1.54, 1.807) is 7.11 Å². The van der Waals surface area contributed by atoms with E-state index in [9.17, 15) is 5.11 Å². The molecule has 1 fully saturated rings. The zero-order valence-electron chi connectivity index (χ0n) is 21.4. The minimum absolute atomic E-state index is 0.210. The van der Waals surface area contributed by atoms with Crippen LogP contribution in [-0.2, 0) is 13.1 Å². The van der Waals surface area contributed by atoms with Crippen LogP contribution in [0.25, 0.3) is 0 Å². The van der Waals surface area contributed by atoms with E-state index in [1.807, 2.05) is 56.6 Å². The predicted molar refractivity (Wildman–Crippen MR) is 141 cm³/mol. The Hall–Kier alpha value is -2.74. The molecule has 0 aliphatic carbocycles. The molecule has 0 saturated carbocycles. The van der Waals surface area contributed by atoms with Gasteiger partial charge in [0.05, 0.1) is 18.7 Å². The fraction of sp³-hybridized carbons (Fsp3) is 0.464. The third-order valence-electron chi connectivity index (χ3n) is 6.58. The van der Waals surface area contributed by atoms with Gasteiger partial charge in [-0.3, -0.25) is 4.90 Å². The number of hydrogen-bond acceptors (Lipinski definition) is 6. The van der Waals surface area contributed by atoms with Gasteiger partial charge in [-0.05, 0) is 75.0 Å². The molecule has 0 bridgehead atoms. The molecule has 8 heteroatoms. The molecule has 2 heterocycles. The van der Waals surface area contributed by atoms with Crippen molar-refractivity contribution in [1.29, 1.82) is 0 Å². The monoisotopic (exact) mass is 513 g/mol. The van der Waals surface area contributed by atoms with Gasteiger partial charge in [0.15, 0.2) is 11.5 Å². The Kier molecular flexibility index (Phi) is 8.77. The molecule has 1 aromatic heterocycles. The number of rotatable bonds is 11.